The monoisotopic (exact) mass is 629 g/mol. The van der Waals surface area contributed by atoms with Crippen molar-refractivity contribution in [2.24, 2.45) is 22.7 Å². The van der Waals surface area contributed by atoms with E-state index in [1.807, 2.05) is 6.07 Å². The normalized spacial score (nSPS) is 31.3. The van der Waals surface area contributed by atoms with Crippen molar-refractivity contribution in [3.63, 3.8) is 0 Å². The number of Topliss-reactive ketones (excluding diaryl/α,β-unsaturated/α-hetero) is 1. The molecule has 0 bridgehead atoms. The number of anilines is 1. The second-order valence-corrected chi connectivity index (χ2v) is 15.8. The lowest BCUT2D eigenvalue weighted by Crippen LogP contribution is -2.52. The average Bonchev–Trinajstić information content (AvgIpc) is 3.39. The molecule has 1 saturated heterocycles. The summed E-state index contributed by atoms with van der Waals surface area (Å²) in [6, 6.07) is 10.4. The molecule has 5 nitrogen and oxygen atoms in total. The number of carbonyl (C=O) groups is 2. The van der Waals surface area contributed by atoms with Crippen molar-refractivity contribution in [3.8, 4) is 0 Å². The van der Waals surface area contributed by atoms with Gasteiger partial charge in [-0.05, 0) is 105 Å². The maximum Gasteiger partial charge on any atom is 0.236 e. The second kappa shape index (κ2) is 10.8. The van der Waals surface area contributed by atoms with Crippen molar-refractivity contribution in [2.45, 2.75) is 102 Å². The van der Waals surface area contributed by atoms with Crippen molar-refractivity contribution in [1.29, 1.82) is 0 Å². The Kier molecular flexibility index (Phi) is 7.80. The first-order chi connectivity index (χ1) is 20.2. The minimum Gasteiger partial charge on any atom is -0.388 e. The van der Waals surface area contributed by atoms with Crippen LogP contribution in [0.5, 0.6) is 0 Å². The van der Waals surface area contributed by atoms with E-state index in [1.165, 1.54) is 6.07 Å². The van der Waals surface area contributed by atoms with Gasteiger partial charge in [0.15, 0.2) is 0 Å². The molecule has 0 aromatic heterocycles. The number of halogens is 3. The standard InChI is InChI=1S/C35H42Cl2FNO4/c1-32(2)12-14-34(15-13-32)18-23(27(40)16-20-8-11-28(43-19-20)33(3,4)42)29(22-6-5-7-25(37)30(22)38)35(34)24-10-9-21(36)17-26(24)39-31(35)41/h5-7,9-10,17,20,23,28-29,42H,8,11-16,18-19H2,1-4H3,(H,39,41)/t20-,23-,28-,29-,35+/m0/s1. The highest BCUT2D eigenvalue weighted by atomic mass is 35.5. The van der Waals surface area contributed by atoms with Gasteiger partial charge in [-0.1, -0.05) is 55.2 Å². The first kappa shape index (κ1) is 31.0. The van der Waals surface area contributed by atoms with Crippen molar-refractivity contribution in [2.75, 3.05) is 11.9 Å². The summed E-state index contributed by atoms with van der Waals surface area (Å²) in [6.45, 7) is 8.38. The number of hydrogen-bond acceptors (Lipinski definition) is 4. The number of rotatable bonds is 5. The van der Waals surface area contributed by atoms with Gasteiger partial charge in [0.05, 0.1) is 28.7 Å². The lowest BCUT2D eigenvalue weighted by atomic mass is 9.51. The van der Waals surface area contributed by atoms with Crippen LogP contribution in [0.4, 0.5) is 10.1 Å². The fourth-order valence-corrected chi connectivity index (χ4v) is 9.30. The van der Waals surface area contributed by atoms with Crippen LogP contribution in [0.3, 0.4) is 0 Å². The van der Waals surface area contributed by atoms with Crippen LogP contribution in [0.25, 0.3) is 0 Å². The molecule has 1 amide bonds. The Morgan fingerprint density at radius 1 is 1.12 bits per heavy atom. The molecule has 4 aliphatic rings. The summed E-state index contributed by atoms with van der Waals surface area (Å²) in [7, 11) is 0. The third-order valence-electron chi connectivity index (χ3n) is 11.3. The van der Waals surface area contributed by atoms with Crippen molar-refractivity contribution in [3.05, 3.63) is 63.4 Å². The summed E-state index contributed by atoms with van der Waals surface area (Å²) in [4.78, 5) is 29.1. The summed E-state index contributed by atoms with van der Waals surface area (Å²) in [5.74, 6) is -2.01. The zero-order valence-electron chi connectivity index (χ0n) is 25.4. The van der Waals surface area contributed by atoms with E-state index in [4.69, 9.17) is 27.9 Å². The third kappa shape index (κ3) is 5.05. The van der Waals surface area contributed by atoms with Gasteiger partial charge in [-0.25, -0.2) is 4.39 Å². The fourth-order valence-electron chi connectivity index (χ4n) is 8.95. The molecule has 2 N–H and O–H groups in total. The molecule has 2 heterocycles. The van der Waals surface area contributed by atoms with Gasteiger partial charge in [-0.3, -0.25) is 9.59 Å². The number of ketones is 1. The van der Waals surface area contributed by atoms with Crippen LogP contribution in [0.15, 0.2) is 36.4 Å². The number of ether oxygens (including phenoxy) is 1. The maximum atomic E-state index is 16.1. The third-order valence-corrected chi connectivity index (χ3v) is 11.8. The lowest BCUT2D eigenvalue weighted by Gasteiger charge is -2.51. The van der Waals surface area contributed by atoms with Gasteiger partial charge in [-0.15, -0.1) is 0 Å². The highest BCUT2D eigenvalue weighted by molar-refractivity contribution is 6.31. The molecule has 8 heteroatoms. The number of carbonyl (C=O) groups excluding carboxylic acids is 2. The summed E-state index contributed by atoms with van der Waals surface area (Å²) < 4.78 is 22.2. The molecular weight excluding hydrogens is 588 g/mol. The second-order valence-electron chi connectivity index (χ2n) is 14.9. The largest absolute Gasteiger partial charge is 0.388 e. The zero-order valence-corrected chi connectivity index (χ0v) is 27.0. The Balaban J connectivity index is 1.47. The van der Waals surface area contributed by atoms with Crippen LogP contribution in [0.2, 0.25) is 10.0 Å². The quantitative estimate of drug-likeness (QED) is 0.349. The molecule has 232 valence electrons. The number of fused-ring (bicyclic) bond motifs is 3. The van der Waals surface area contributed by atoms with Crippen LogP contribution < -0.4 is 5.32 Å². The van der Waals surface area contributed by atoms with Crippen LogP contribution >= 0.6 is 23.2 Å². The number of aliphatic hydroxyl groups is 1. The Morgan fingerprint density at radius 2 is 1.84 bits per heavy atom. The first-order valence-electron chi connectivity index (χ1n) is 15.6. The summed E-state index contributed by atoms with van der Waals surface area (Å²) in [6.07, 6.45) is 5.28. The van der Waals surface area contributed by atoms with Crippen molar-refractivity contribution in [1.82, 2.24) is 0 Å². The fraction of sp³-hybridized carbons (Fsp3) is 0.600. The summed E-state index contributed by atoms with van der Waals surface area (Å²) in [5.41, 5.74) is -0.761. The summed E-state index contributed by atoms with van der Waals surface area (Å²) in [5, 5.41) is 14.0. The molecule has 2 aliphatic heterocycles. The minimum atomic E-state index is -1.15. The molecule has 5 atom stereocenters. The molecule has 0 unspecified atom stereocenters. The van der Waals surface area contributed by atoms with Crippen LogP contribution in [0, 0.1) is 28.5 Å². The van der Waals surface area contributed by atoms with Gasteiger partial charge < -0.3 is 15.2 Å². The zero-order chi connectivity index (χ0) is 30.9. The predicted molar refractivity (Wildman–Crippen MR) is 167 cm³/mol. The molecule has 2 aliphatic carbocycles. The Morgan fingerprint density at radius 3 is 2.49 bits per heavy atom. The Labute approximate surface area is 263 Å². The van der Waals surface area contributed by atoms with E-state index in [-0.39, 0.29) is 40.6 Å². The molecule has 3 fully saturated rings. The highest BCUT2D eigenvalue weighted by Crippen LogP contribution is 2.72. The van der Waals surface area contributed by atoms with E-state index < -0.39 is 34.1 Å². The van der Waals surface area contributed by atoms with Crippen LogP contribution in [-0.4, -0.2) is 35.1 Å². The molecule has 2 aromatic rings. The highest BCUT2D eigenvalue weighted by Gasteiger charge is 2.72. The van der Waals surface area contributed by atoms with E-state index in [0.29, 0.717) is 35.7 Å². The molecule has 2 aromatic carbocycles. The number of hydrogen-bond donors (Lipinski definition) is 2. The van der Waals surface area contributed by atoms with E-state index in [2.05, 4.69) is 19.2 Å². The molecule has 6 rings (SSSR count). The van der Waals surface area contributed by atoms with E-state index in [9.17, 15) is 14.7 Å². The van der Waals surface area contributed by atoms with Gasteiger partial charge in [0, 0.05) is 29.0 Å². The van der Waals surface area contributed by atoms with Gasteiger partial charge in [0.1, 0.15) is 11.6 Å². The average molecular weight is 631 g/mol. The van der Waals surface area contributed by atoms with E-state index >= 15 is 4.39 Å². The van der Waals surface area contributed by atoms with E-state index in [1.54, 1.807) is 38.1 Å². The van der Waals surface area contributed by atoms with Gasteiger partial charge in [0.2, 0.25) is 5.91 Å². The summed E-state index contributed by atoms with van der Waals surface area (Å²) >= 11 is 12.8. The van der Waals surface area contributed by atoms with Gasteiger partial charge >= 0.3 is 0 Å². The number of amides is 1. The number of nitrogens with one attached hydrogen (secondary N) is 1. The number of benzene rings is 2. The molecule has 0 radical (unpaired) electrons. The topological polar surface area (TPSA) is 75.6 Å². The van der Waals surface area contributed by atoms with Gasteiger partial charge in [-0.2, -0.15) is 0 Å². The molecular formula is C35H42Cl2FNO4. The molecule has 43 heavy (non-hydrogen) atoms. The smallest absolute Gasteiger partial charge is 0.236 e. The van der Waals surface area contributed by atoms with E-state index in [0.717, 1.165) is 37.7 Å². The van der Waals surface area contributed by atoms with Gasteiger partial charge in [0.25, 0.3) is 0 Å². The minimum absolute atomic E-state index is 0.00255. The molecule has 2 saturated carbocycles. The Bertz CT molecular complexity index is 1430. The van der Waals surface area contributed by atoms with Crippen LogP contribution in [0.1, 0.15) is 96.1 Å². The predicted octanol–water partition coefficient (Wildman–Crippen LogP) is 8.24. The maximum absolute atomic E-state index is 16.1. The SMILES string of the molecule is CC1(C)CCC2(CC1)C[C@@H](C(=O)C[C@@H]1CC[C@@H](C(C)(C)O)OC1)[C@H](c1cccc(Cl)c1F)[C@]21C(=O)Nc2cc(Cl)ccc21. The first-order valence-corrected chi connectivity index (χ1v) is 16.4. The van der Waals surface area contributed by atoms with Crippen molar-refractivity contribution < 1.29 is 23.8 Å². The van der Waals surface area contributed by atoms with Crippen molar-refractivity contribution >= 4 is 40.6 Å². The molecule has 2 spiro atoms. The Hall–Kier alpha value is -1.99. The lowest BCUT2D eigenvalue weighted by molar-refractivity contribution is -0.134. The van der Waals surface area contributed by atoms with Crippen LogP contribution in [-0.2, 0) is 19.7 Å².